The molecule has 2 rings (SSSR count). The summed E-state index contributed by atoms with van der Waals surface area (Å²) >= 11 is 5.86. The van der Waals surface area contributed by atoms with Crippen LogP contribution in [0.1, 0.15) is 11.1 Å². The summed E-state index contributed by atoms with van der Waals surface area (Å²) in [6.45, 7) is 1.70. The summed E-state index contributed by atoms with van der Waals surface area (Å²) in [6.07, 6.45) is 0. The molecule has 21 heavy (non-hydrogen) atoms. The molecule has 0 radical (unpaired) electrons. The van der Waals surface area contributed by atoms with E-state index in [0.29, 0.717) is 10.6 Å². The van der Waals surface area contributed by atoms with Gasteiger partial charge in [-0.05, 0) is 30.7 Å². The van der Waals surface area contributed by atoms with Crippen molar-refractivity contribution < 1.29 is 9.66 Å². The fourth-order valence-electron chi connectivity index (χ4n) is 1.83. The van der Waals surface area contributed by atoms with Crippen LogP contribution in [0.4, 0.5) is 5.69 Å². The molecular formula is C14H12ClN3O3. The maximum absolute atomic E-state index is 11.1. The Bertz CT molecular complexity index is 731. The minimum atomic E-state index is -0.522. The van der Waals surface area contributed by atoms with E-state index in [9.17, 15) is 10.1 Å². The molecular weight excluding hydrogens is 294 g/mol. The molecule has 0 saturated carbocycles. The second kappa shape index (κ2) is 5.80. The molecule has 0 fully saturated rings. The van der Waals surface area contributed by atoms with Crippen molar-refractivity contribution in [3.8, 4) is 11.5 Å². The second-order valence-corrected chi connectivity index (χ2v) is 4.77. The summed E-state index contributed by atoms with van der Waals surface area (Å²) in [5, 5.41) is 19.0. The molecule has 0 amide bonds. The second-order valence-electron chi connectivity index (χ2n) is 4.34. The number of nitrogens with two attached hydrogens (primary N) is 1. The van der Waals surface area contributed by atoms with E-state index in [0.717, 1.165) is 0 Å². The summed E-state index contributed by atoms with van der Waals surface area (Å²) in [4.78, 5) is 10.6. The molecule has 0 spiro atoms. The van der Waals surface area contributed by atoms with Crippen LogP contribution < -0.4 is 10.5 Å². The number of halogens is 1. The van der Waals surface area contributed by atoms with Crippen molar-refractivity contribution in [2.24, 2.45) is 5.73 Å². The van der Waals surface area contributed by atoms with Gasteiger partial charge in [0.25, 0.3) is 0 Å². The number of nitrogen functional groups attached to an aromatic ring is 1. The quantitative estimate of drug-likeness (QED) is 0.389. The van der Waals surface area contributed by atoms with Crippen molar-refractivity contribution in [2.75, 3.05) is 0 Å². The van der Waals surface area contributed by atoms with Crippen molar-refractivity contribution in [3.63, 3.8) is 0 Å². The van der Waals surface area contributed by atoms with E-state index in [1.54, 1.807) is 25.1 Å². The zero-order valence-corrected chi connectivity index (χ0v) is 11.8. The third-order valence-electron chi connectivity index (χ3n) is 2.83. The summed E-state index contributed by atoms with van der Waals surface area (Å²) in [6, 6.07) is 9.19. The van der Waals surface area contributed by atoms with Gasteiger partial charge in [-0.15, -0.1) is 0 Å². The zero-order chi connectivity index (χ0) is 15.6. The van der Waals surface area contributed by atoms with Crippen molar-refractivity contribution in [1.82, 2.24) is 0 Å². The van der Waals surface area contributed by atoms with Gasteiger partial charge in [-0.25, -0.2) is 0 Å². The lowest BCUT2D eigenvalue weighted by atomic mass is 10.1. The number of para-hydroxylation sites is 1. The standard InChI is InChI=1S/C14H12ClN3O3/c1-8-3-2-4-11(18(19)20)13(8)21-12-6-5-9(15)7-10(12)14(16)17/h2-7H,1H3,(H3,16,17). The SMILES string of the molecule is Cc1cccc([N+](=O)[O-])c1Oc1ccc(Cl)cc1C(=N)N. The normalized spacial score (nSPS) is 10.2. The maximum Gasteiger partial charge on any atom is 0.311 e. The third-order valence-corrected chi connectivity index (χ3v) is 3.07. The minimum absolute atomic E-state index is 0.118. The van der Waals surface area contributed by atoms with Gasteiger partial charge in [0.05, 0.1) is 10.5 Å². The Morgan fingerprint density at radius 3 is 2.71 bits per heavy atom. The van der Waals surface area contributed by atoms with Crippen LogP contribution in [0.5, 0.6) is 11.5 Å². The average Bonchev–Trinajstić information content (AvgIpc) is 2.42. The van der Waals surface area contributed by atoms with E-state index < -0.39 is 4.92 Å². The van der Waals surface area contributed by atoms with E-state index >= 15 is 0 Å². The topological polar surface area (TPSA) is 102 Å². The molecule has 0 saturated heterocycles. The van der Waals surface area contributed by atoms with Crippen LogP contribution in [-0.2, 0) is 0 Å². The van der Waals surface area contributed by atoms with E-state index in [4.69, 9.17) is 27.5 Å². The molecule has 0 heterocycles. The highest BCUT2D eigenvalue weighted by molar-refractivity contribution is 6.31. The Balaban J connectivity index is 2.53. The van der Waals surface area contributed by atoms with Crippen LogP contribution in [0.2, 0.25) is 5.02 Å². The smallest absolute Gasteiger partial charge is 0.311 e. The van der Waals surface area contributed by atoms with Crippen LogP contribution in [0.3, 0.4) is 0 Å². The maximum atomic E-state index is 11.1. The monoisotopic (exact) mass is 305 g/mol. The molecule has 0 unspecified atom stereocenters. The first-order valence-corrected chi connectivity index (χ1v) is 6.33. The number of rotatable bonds is 4. The predicted octanol–water partition coefficient (Wildman–Crippen LogP) is 3.63. The first kappa shape index (κ1) is 14.8. The van der Waals surface area contributed by atoms with Gasteiger partial charge in [-0.2, -0.15) is 0 Å². The number of nitro benzene ring substituents is 1. The van der Waals surface area contributed by atoms with E-state index in [1.165, 1.54) is 18.2 Å². The molecule has 0 bridgehead atoms. The Morgan fingerprint density at radius 2 is 2.10 bits per heavy atom. The van der Waals surface area contributed by atoms with Crippen LogP contribution in [0.25, 0.3) is 0 Å². The van der Waals surface area contributed by atoms with E-state index in [-0.39, 0.29) is 28.6 Å². The number of amidine groups is 1. The van der Waals surface area contributed by atoms with E-state index in [1.807, 2.05) is 0 Å². The summed E-state index contributed by atoms with van der Waals surface area (Å²) in [5.41, 5.74) is 6.21. The fraction of sp³-hybridized carbons (Fsp3) is 0.0714. The van der Waals surface area contributed by atoms with Crippen LogP contribution in [0, 0.1) is 22.4 Å². The van der Waals surface area contributed by atoms with Gasteiger partial charge in [0.15, 0.2) is 0 Å². The lowest BCUT2D eigenvalue weighted by molar-refractivity contribution is -0.385. The van der Waals surface area contributed by atoms with Gasteiger partial charge >= 0.3 is 5.69 Å². The van der Waals surface area contributed by atoms with Crippen LogP contribution >= 0.6 is 11.6 Å². The Hall–Kier alpha value is -2.60. The van der Waals surface area contributed by atoms with Gasteiger partial charge < -0.3 is 10.5 Å². The lowest BCUT2D eigenvalue weighted by Crippen LogP contribution is -2.12. The van der Waals surface area contributed by atoms with Crippen molar-refractivity contribution in [1.29, 1.82) is 5.41 Å². The highest BCUT2D eigenvalue weighted by Gasteiger charge is 2.19. The minimum Gasteiger partial charge on any atom is -0.449 e. The van der Waals surface area contributed by atoms with E-state index in [2.05, 4.69) is 0 Å². The van der Waals surface area contributed by atoms with Crippen LogP contribution in [0.15, 0.2) is 36.4 Å². The largest absolute Gasteiger partial charge is 0.449 e. The molecule has 2 aromatic rings. The Kier molecular flexibility index (Phi) is 4.09. The van der Waals surface area contributed by atoms with Gasteiger partial charge in [0.2, 0.25) is 5.75 Å². The number of hydrogen-bond acceptors (Lipinski definition) is 4. The summed E-state index contributed by atoms with van der Waals surface area (Å²) in [7, 11) is 0. The molecule has 7 heteroatoms. The van der Waals surface area contributed by atoms with Gasteiger partial charge in [-0.3, -0.25) is 15.5 Å². The third kappa shape index (κ3) is 3.11. The molecule has 6 nitrogen and oxygen atoms in total. The molecule has 0 atom stereocenters. The summed E-state index contributed by atoms with van der Waals surface area (Å²) in [5.74, 6) is 0.125. The molecule has 0 aliphatic heterocycles. The lowest BCUT2D eigenvalue weighted by Gasteiger charge is -2.12. The fourth-order valence-corrected chi connectivity index (χ4v) is 2.00. The highest BCUT2D eigenvalue weighted by atomic mass is 35.5. The van der Waals surface area contributed by atoms with Gasteiger partial charge in [-0.1, -0.05) is 23.7 Å². The van der Waals surface area contributed by atoms with Gasteiger partial charge in [0, 0.05) is 11.1 Å². The van der Waals surface area contributed by atoms with Crippen molar-refractivity contribution in [2.45, 2.75) is 6.92 Å². The number of nitrogens with one attached hydrogen (secondary N) is 1. The Labute approximate surface area is 125 Å². The molecule has 0 aliphatic rings. The number of hydrogen-bond donors (Lipinski definition) is 2. The van der Waals surface area contributed by atoms with Crippen molar-refractivity contribution >= 4 is 23.1 Å². The predicted molar refractivity (Wildman–Crippen MR) is 80.4 cm³/mol. The molecule has 0 aliphatic carbocycles. The number of nitrogens with zero attached hydrogens (tertiary/aromatic N) is 1. The van der Waals surface area contributed by atoms with Crippen molar-refractivity contribution in [3.05, 3.63) is 62.7 Å². The number of aryl methyl sites for hydroxylation is 1. The van der Waals surface area contributed by atoms with Crippen LogP contribution in [-0.4, -0.2) is 10.8 Å². The summed E-state index contributed by atoms with van der Waals surface area (Å²) < 4.78 is 5.63. The zero-order valence-electron chi connectivity index (χ0n) is 11.1. The number of benzene rings is 2. The highest BCUT2D eigenvalue weighted by Crippen LogP contribution is 2.36. The number of nitro groups is 1. The number of ether oxygens (including phenoxy) is 1. The molecule has 108 valence electrons. The van der Waals surface area contributed by atoms with Gasteiger partial charge in [0.1, 0.15) is 11.6 Å². The first-order chi connectivity index (χ1) is 9.90. The molecule has 3 N–H and O–H groups in total. The first-order valence-electron chi connectivity index (χ1n) is 5.96. The molecule has 2 aromatic carbocycles. The molecule has 0 aromatic heterocycles. The Morgan fingerprint density at radius 1 is 1.38 bits per heavy atom. The average molecular weight is 306 g/mol.